The summed E-state index contributed by atoms with van der Waals surface area (Å²) in [5.74, 6) is -0.302. The Morgan fingerprint density at radius 1 is 0.374 bits per heavy atom. The molecule has 3 saturated heterocycles. The van der Waals surface area contributed by atoms with Crippen LogP contribution < -0.4 is 5.32 Å². The molecule has 3 heterocycles. The van der Waals surface area contributed by atoms with Crippen molar-refractivity contribution < 1.29 is 89.4 Å². The van der Waals surface area contributed by atoms with Gasteiger partial charge in [0.05, 0.1) is 38.6 Å². The Morgan fingerprint density at radius 2 is 0.697 bits per heavy atom. The van der Waals surface area contributed by atoms with E-state index in [-0.39, 0.29) is 18.9 Å². The highest BCUT2D eigenvalue weighted by atomic mass is 16.8. The van der Waals surface area contributed by atoms with E-state index in [1.165, 1.54) is 128 Å². The van der Waals surface area contributed by atoms with Crippen molar-refractivity contribution in [2.75, 3.05) is 26.4 Å². The molecule has 570 valence electrons. The molecule has 1 amide bonds. The molecule has 0 aromatic rings. The molecule has 0 saturated carbocycles. The van der Waals surface area contributed by atoms with Crippen molar-refractivity contribution in [2.24, 2.45) is 0 Å². The lowest BCUT2D eigenvalue weighted by atomic mass is 9.96. The lowest BCUT2D eigenvalue weighted by Crippen LogP contribution is -2.66. The maximum Gasteiger partial charge on any atom is 0.220 e. The number of aliphatic hydroxyl groups is 11. The molecule has 17 unspecified atom stereocenters. The largest absolute Gasteiger partial charge is 0.394 e. The smallest absolute Gasteiger partial charge is 0.220 e. The van der Waals surface area contributed by atoms with E-state index in [2.05, 4.69) is 116 Å². The third-order valence-electron chi connectivity index (χ3n) is 18.6. The van der Waals surface area contributed by atoms with E-state index >= 15 is 0 Å². The van der Waals surface area contributed by atoms with Gasteiger partial charge in [-0.05, 0) is 83.5 Å². The first kappa shape index (κ1) is 89.7. The average Bonchev–Trinajstić information content (AvgIpc) is 0.785. The van der Waals surface area contributed by atoms with Crippen LogP contribution in [0.25, 0.3) is 0 Å². The van der Waals surface area contributed by atoms with Crippen molar-refractivity contribution in [2.45, 2.75) is 362 Å². The fourth-order valence-electron chi connectivity index (χ4n) is 12.4. The minimum atomic E-state index is -1.99. The van der Waals surface area contributed by atoms with Crippen LogP contribution in [0.15, 0.2) is 109 Å². The van der Waals surface area contributed by atoms with E-state index in [0.717, 1.165) is 103 Å². The first-order valence-corrected chi connectivity index (χ1v) is 38.6. The first-order valence-electron chi connectivity index (χ1n) is 38.6. The van der Waals surface area contributed by atoms with Crippen LogP contribution in [0.2, 0.25) is 0 Å². The van der Waals surface area contributed by atoms with Gasteiger partial charge in [0.1, 0.15) is 73.2 Å². The minimum absolute atomic E-state index is 0.207. The van der Waals surface area contributed by atoms with Crippen molar-refractivity contribution in [3.63, 3.8) is 0 Å². The van der Waals surface area contributed by atoms with Crippen LogP contribution in [-0.4, -0.2) is 193 Å². The van der Waals surface area contributed by atoms with E-state index in [9.17, 15) is 61.0 Å². The van der Waals surface area contributed by atoms with Gasteiger partial charge in [-0.2, -0.15) is 0 Å². The van der Waals surface area contributed by atoms with Gasteiger partial charge < -0.3 is 89.9 Å². The average molecular weight is 1400 g/mol. The van der Waals surface area contributed by atoms with Gasteiger partial charge in [-0.15, -0.1) is 0 Å². The Morgan fingerprint density at radius 3 is 1.09 bits per heavy atom. The van der Waals surface area contributed by atoms with Gasteiger partial charge in [-0.1, -0.05) is 277 Å². The number of allylic oxidation sites excluding steroid dienone is 17. The summed E-state index contributed by atoms with van der Waals surface area (Å²) in [5, 5.41) is 121. The molecule has 3 aliphatic rings. The van der Waals surface area contributed by atoms with Gasteiger partial charge in [0.25, 0.3) is 0 Å². The SMILES string of the molecule is CC/C=C\C/C=C\C/C=C\C/C=C\C/C=C\C/C=C\C/C=C\C/C=C\CCCCCCC(=O)NC(COC1OC(CO)C(OC2OC(CO)C(OC3OC(CO)C(O)C(O)C3O)C(O)C2O)C(O)C1O)C(O)/C=C/CCCCCCCCCCCCCCCCCCCCCCCCC. The summed E-state index contributed by atoms with van der Waals surface area (Å²) < 4.78 is 34.4. The summed E-state index contributed by atoms with van der Waals surface area (Å²) in [6.07, 6.45) is 54.8. The lowest BCUT2D eigenvalue weighted by molar-refractivity contribution is -0.379. The van der Waals surface area contributed by atoms with E-state index < -0.39 is 124 Å². The normalized spacial score (nSPS) is 27.2. The number of ether oxygens (including phenoxy) is 6. The summed E-state index contributed by atoms with van der Waals surface area (Å²) in [7, 11) is 0. The van der Waals surface area contributed by atoms with E-state index in [1.807, 2.05) is 6.08 Å². The molecule has 0 bridgehead atoms. The van der Waals surface area contributed by atoms with Gasteiger partial charge >= 0.3 is 0 Å². The second kappa shape index (κ2) is 59.8. The predicted octanol–water partition coefficient (Wildman–Crippen LogP) is 12.2. The van der Waals surface area contributed by atoms with Crippen molar-refractivity contribution in [1.82, 2.24) is 5.32 Å². The molecule has 0 aromatic heterocycles. The van der Waals surface area contributed by atoms with Crippen LogP contribution in [0.5, 0.6) is 0 Å². The number of amides is 1. The molecule has 0 aromatic carbocycles. The van der Waals surface area contributed by atoms with Crippen molar-refractivity contribution >= 4 is 5.91 Å². The number of carbonyl (C=O) groups is 1. The highest BCUT2D eigenvalue weighted by Crippen LogP contribution is 2.33. The maximum absolute atomic E-state index is 13.5. The summed E-state index contributed by atoms with van der Waals surface area (Å²) >= 11 is 0. The molecule has 3 rings (SSSR count). The molecular formula is C80H137NO18. The van der Waals surface area contributed by atoms with Gasteiger partial charge in [-0.3, -0.25) is 4.79 Å². The number of nitrogens with one attached hydrogen (secondary N) is 1. The van der Waals surface area contributed by atoms with Crippen molar-refractivity contribution in [3.8, 4) is 0 Å². The van der Waals surface area contributed by atoms with Gasteiger partial charge in [0.15, 0.2) is 18.9 Å². The lowest BCUT2D eigenvalue weighted by Gasteiger charge is -2.48. The summed E-state index contributed by atoms with van der Waals surface area (Å²) in [5.41, 5.74) is 0. The standard InChI is InChI=1S/C80H137NO18/c1-3-5-7-9-11-13-15-17-19-21-23-25-27-29-30-31-32-34-36-38-40-42-44-46-48-50-52-54-56-58-68(86)81-63(64(85)57-55-53-51-49-47-45-43-41-39-37-35-33-28-26-24-22-20-18-16-14-12-10-8-6-4-2)62-94-78-74(92)71(89)76(66(60-83)96-78)99-80-75(93)72(90)77(67(61-84)97-80)98-79-73(91)70(88)69(87)65(59-82)95-79/h5,7,11,13,17,19,23,25,29-30,32,34,38,40,44,46,55,57,63-67,69-80,82-85,87-93H,3-4,6,8-10,12,14-16,18,20-22,24,26-28,31,33,35-37,39,41-43,45,47-54,56,58-62H2,1-2H3,(H,81,86)/b7-5-,13-11-,19-17-,25-23-,30-29-,34-32-,40-38-,46-44-,57-55+. The Balaban J connectivity index is 1.42. The van der Waals surface area contributed by atoms with Gasteiger partial charge in [0, 0.05) is 6.42 Å². The molecule has 3 fully saturated rings. The van der Waals surface area contributed by atoms with Gasteiger partial charge in [0.2, 0.25) is 5.91 Å². The molecule has 19 heteroatoms. The summed E-state index contributed by atoms with van der Waals surface area (Å²) in [6, 6.07) is -0.997. The Bertz CT molecular complexity index is 2220. The Hall–Kier alpha value is -3.55. The number of hydrogen-bond acceptors (Lipinski definition) is 18. The molecular weight excluding hydrogens is 1260 g/mol. The predicted molar refractivity (Wildman–Crippen MR) is 392 cm³/mol. The maximum atomic E-state index is 13.5. The molecule has 0 aliphatic carbocycles. The second-order valence-electron chi connectivity index (χ2n) is 27.1. The van der Waals surface area contributed by atoms with E-state index in [0.29, 0.717) is 6.42 Å². The molecule has 3 aliphatic heterocycles. The summed E-state index contributed by atoms with van der Waals surface area (Å²) in [6.45, 7) is 1.61. The second-order valence-corrected chi connectivity index (χ2v) is 27.1. The highest BCUT2D eigenvalue weighted by Gasteiger charge is 2.53. The number of unbranched alkanes of at least 4 members (excludes halogenated alkanes) is 27. The Kier molecular flexibility index (Phi) is 54.2. The molecule has 19 nitrogen and oxygen atoms in total. The van der Waals surface area contributed by atoms with Crippen molar-refractivity contribution in [3.05, 3.63) is 109 Å². The van der Waals surface area contributed by atoms with E-state index in [1.54, 1.807) is 6.08 Å². The molecule has 99 heavy (non-hydrogen) atoms. The molecule has 17 atom stereocenters. The van der Waals surface area contributed by atoms with Gasteiger partial charge in [-0.25, -0.2) is 0 Å². The zero-order valence-electron chi connectivity index (χ0n) is 60.7. The number of hydrogen-bond donors (Lipinski definition) is 12. The Labute approximate surface area is 595 Å². The van der Waals surface area contributed by atoms with Crippen molar-refractivity contribution in [1.29, 1.82) is 0 Å². The van der Waals surface area contributed by atoms with Crippen LogP contribution >= 0.6 is 0 Å². The fourth-order valence-corrected chi connectivity index (χ4v) is 12.4. The van der Waals surface area contributed by atoms with E-state index in [4.69, 9.17) is 28.4 Å². The van der Waals surface area contributed by atoms with Crippen LogP contribution in [-0.2, 0) is 33.2 Å². The minimum Gasteiger partial charge on any atom is -0.394 e. The van der Waals surface area contributed by atoms with Crippen LogP contribution in [0, 0.1) is 0 Å². The van der Waals surface area contributed by atoms with Crippen LogP contribution in [0.1, 0.15) is 258 Å². The quantitative estimate of drug-likeness (QED) is 0.0199. The molecule has 0 spiro atoms. The third kappa shape index (κ3) is 40.3. The zero-order chi connectivity index (χ0) is 71.8. The van der Waals surface area contributed by atoms with Crippen LogP contribution in [0.3, 0.4) is 0 Å². The number of aliphatic hydroxyl groups excluding tert-OH is 11. The fraction of sp³-hybridized carbons (Fsp3) is 0.762. The topological polar surface area (TPSA) is 307 Å². The highest BCUT2D eigenvalue weighted by molar-refractivity contribution is 5.76. The molecule has 12 N–H and O–H groups in total. The number of carbonyl (C=O) groups excluding carboxylic acids is 1. The third-order valence-corrected chi connectivity index (χ3v) is 18.6. The summed E-state index contributed by atoms with van der Waals surface area (Å²) in [4.78, 5) is 13.5. The first-order chi connectivity index (χ1) is 48.3. The molecule has 0 radical (unpaired) electrons. The monoisotopic (exact) mass is 1400 g/mol. The zero-order valence-corrected chi connectivity index (χ0v) is 60.7. The van der Waals surface area contributed by atoms with Crippen LogP contribution in [0.4, 0.5) is 0 Å². The number of rotatable bonds is 59.